The van der Waals surface area contributed by atoms with Gasteiger partial charge in [0.25, 0.3) is 0 Å². The van der Waals surface area contributed by atoms with Gasteiger partial charge in [-0.3, -0.25) is 28.8 Å². The molecule has 61 heavy (non-hydrogen) atoms. The number of carbonyl (C=O) groups excluding carboxylic acids is 6. The lowest BCUT2D eigenvalue weighted by Gasteiger charge is -2.24. The molecule has 1 aromatic carbocycles. The SMILES string of the molecule is C[C@H](CCC(=O)N[C@@H](CC(=O)O)C(=O)N[C@@H](Cc1ccccc1)C(=O)N[C@@H](CSSCCOC(N)=O)C(=O)O)NC(=O)CC[C@H](NC(=O)N[C@@H](CCC(=O)O)C(=O)O)C(=O)O. The van der Waals surface area contributed by atoms with E-state index in [1.54, 1.807) is 30.3 Å². The highest BCUT2D eigenvalue weighted by molar-refractivity contribution is 8.76. The van der Waals surface area contributed by atoms with E-state index < -0.39 is 134 Å². The first-order valence-corrected chi connectivity index (χ1v) is 20.8. The maximum Gasteiger partial charge on any atom is 0.404 e. The number of benzene rings is 1. The van der Waals surface area contributed by atoms with Crippen molar-refractivity contribution >= 4 is 87.2 Å². The minimum Gasteiger partial charge on any atom is -0.481 e. The molecule has 0 aliphatic carbocycles. The normalized spacial score (nSPS) is 13.6. The van der Waals surface area contributed by atoms with E-state index in [9.17, 15) is 73.2 Å². The Morgan fingerprint density at radius 3 is 1.67 bits per heavy atom. The second-order valence-electron chi connectivity index (χ2n) is 13.0. The predicted molar refractivity (Wildman–Crippen MR) is 214 cm³/mol. The van der Waals surface area contributed by atoms with Crippen molar-refractivity contribution in [3.63, 3.8) is 0 Å². The van der Waals surface area contributed by atoms with Gasteiger partial charge in [0.05, 0.1) is 6.42 Å². The number of primary amides is 1. The topological polar surface area (TPSA) is 396 Å². The molecule has 1 rings (SSSR count). The summed E-state index contributed by atoms with van der Waals surface area (Å²) in [6.45, 7) is 1.45. The van der Waals surface area contributed by atoms with E-state index in [0.717, 1.165) is 21.6 Å². The van der Waals surface area contributed by atoms with Crippen molar-refractivity contribution in [1.29, 1.82) is 0 Å². The van der Waals surface area contributed by atoms with E-state index in [1.165, 1.54) is 6.92 Å². The quantitative estimate of drug-likeness (QED) is 0.0320. The zero-order valence-corrected chi connectivity index (χ0v) is 34.3. The molecule has 0 spiro atoms. The lowest BCUT2D eigenvalue weighted by molar-refractivity contribution is -0.142. The second-order valence-corrected chi connectivity index (χ2v) is 15.6. The number of urea groups is 1. The molecule has 0 radical (unpaired) electrons. The lowest BCUT2D eigenvalue weighted by Crippen LogP contribution is -2.57. The third kappa shape index (κ3) is 23.8. The fourth-order valence-corrected chi connectivity index (χ4v) is 6.95. The van der Waals surface area contributed by atoms with E-state index in [4.69, 9.17) is 10.8 Å². The monoisotopic (exact) mass is 903 g/mol. The van der Waals surface area contributed by atoms with Crippen molar-refractivity contribution in [3.05, 3.63) is 35.9 Å². The molecule has 0 saturated carbocycles. The summed E-state index contributed by atoms with van der Waals surface area (Å²) >= 11 is 0. The Morgan fingerprint density at radius 1 is 0.607 bits per heavy atom. The smallest absolute Gasteiger partial charge is 0.404 e. The molecular weight excluding hydrogens is 855 g/mol. The molecule has 13 N–H and O–H groups in total. The van der Waals surface area contributed by atoms with E-state index in [1.807, 2.05) is 10.6 Å². The first-order valence-electron chi connectivity index (χ1n) is 18.3. The van der Waals surface area contributed by atoms with Gasteiger partial charge < -0.3 is 67.9 Å². The molecule has 0 bridgehead atoms. The molecule has 0 fully saturated rings. The molecule has 24 nitrogen and oxygen atoms in total. The fraction of sp³-hybridized carbons (Fsp3) is 0.514. The molecular formula is C35H49N7O17S2. The van der Waals surface area contributed by atoms with Crippen molar-refractivity contribution in [3.8, 4) is 0 Å². The number of ether oxygens (including phenoxy) is 1. The molecule has 0 aromatic heterocycles. The Labute approximate surface area is 355 Å². The van der Waals surface area contributed by atoms with Gasteiger partial charge in [-0.1, -0.05) is 51.9 Å². The number of aliphatic carboxylic acids is 5. The number of hydrogen-bond acceptors (Lipinski definition) is 14. The lowest BCUT2D eigenvalue weighted by atomic mass is 10.0. The second kappa shape index (κ2) is 28.2. The highest BCUT2D eigenvalue weighted by Gasteiger charge is 2.31. The Kier molecular flexibility index (Phi) is 24.4. The number of carboxylic acids is 5. The molecule has 26 heteroatoms. The van der Waals surface area contributed by atoms with Crippen LogP contribution in [0.25, 0.3) is 0 Å². The summed E-state index contributed by atoms with van der Waals surface area (Å²) in [7, 11) is 2.20. The van der Waals surface area contributed by atoms with E-state index in [0.29, 0.717) is 5.56 Å². The van der Waals surface area contributed by atoms with Gasteiger partial charge in [0.15, 0.2) is 0 Å². The number of carboxylic acid groups (broad SMARTS) is 5. The summed E-state index contributed by atoms with van der Waals surface area (Å²) in [4.78, 5) is 133. The highest BCUT2D eigenvalue weighted by Crippen LogP contribution is 2.22. The summed E-state index contributed by atoms with van der Waals surface area (Å²) in [5, 5.41) is 60.1. The fourth-order valence-electron chi connectivity index (χ4n) is 4.96. The average molecular weight is 904 g/mol. The van der Waals surface area contributed by atoms with Crippen LogP contribution >= 0.6 is 21.6 Å². The average Bonchev–Trinajstić information content (AvgIpc) is 3.17. The van der Waals surface area contributed by atoms with Crippen LogP contribution in [0.3, 0.4) is 0 Å². The van der Waals surface area contributed by atoms with Gasteiger partial charge in [0.2, 0.25) is 23.6 Å². The summed E-state index contributed by atoms with van der Waals surface area (Å²) < 4.78 is 4.59. The maximum absolute atomic E-state index is 13.4. The number of carbonyl (C=O) groups is 11. The number of nitrogens with one attached hydrogen (secondary N) is 6. The molecule has 0 aliphatic rings. The van der Waals surface area contributed by atoms with Gasteiger partial charge in [-0.25, -0.2) is 24.0 Å². The van der Waals surface area contributed by atoms with Crippen LogP contribution in [-0.2, 0) is 54.3 Å². The molecule has 1 aromatic rings. The van der Waals surface area contributed by atoms with Crippen LogP contribution in [0.4, 0.5) is 9.59 Å². The van der Waals surface area contributed by atoms with Crippen molar-refractivity contribution in [2.45, 2.75) is 94.5 Å². The van der Waals surface area contributed by atoms with Gasteiger partial charge in [0, 0.05) is 43.2 Å². The summed E-state index contributed by atoms with van der Waals surface area (Å²) in [5.74, 6) is -10.7. The third-order valence-corrected chi connectivity index (χ3v) is 10.4. The third-order valence-electron chi connectivity index (χ3n) is 8.02. The minimum atomic E-state index is -1.70. The molecule has 338 valence electrons. The van der Waals surface area contributed by atoms with Crippen LogP contribution in [0, 0.1) is 0 Å². The van der Waals surface area contributed by atoms with Crippen LogP contribution in [0.15, 0.2) is 30.3 Å². The van der Waals surface area contributed by atoms with Gasteiger partial charge in [-0.2, -0.15) is 0 Å². The van der Waals surface area contributed by atoms with Crippen molar-refractivity contribution in [1.82, 2.24) is 31.9 Å². The van der Waals surface area contributed by atoms with Crippen LogP contribution in [0.2, 0.25) is 0 Å². The first-order chi connectivity index (χ1) is 28.7. The Hall–Kier alpha value is -6.31. The number of amides is 7. The Morgan fingerprint density at radius 2 is 1.13 bits per heavy atom. The molecule has 0 aliphatic heterocycles. The van der Waals surface area contributed by atoms with Crippen LogP contribution in [0.1, 0.15) is 57.4 Å². The standard InChI is InChI=1S/C35H49N7O17S2/c1-18(37-25(43)11-8-20(31(51)52)41-35(58)42-21(32(53)54)9-12-27(45)46)7-10-26(44)38-23(16-28(47)48)30(50)39-22(15-19-5-3-2-4-6-19)29(49)40-24(33(55)56)17-61-60-14-13-59-34(36)57/h2-6,18,20-24H,7-17H2,1H3,(H2,36,57)(H,37,43)(H,38,44)(H,39,50)(H,40,49)(H,45,46)(H,47,48)(H,51,52)(H,53,54)(H,55,56)(H2,41,42,58)/t18-,20+,21+,22+,23+,24+/m1/s1. The minimum absolute atomic E-state index is 0.0342. The van der Waals surface area contributed by atoms with Gasteiger partial charge in [-0.05, 0) is 31.7 Å². The first kappa shape index (κ1) is 52.7. The van der Waals surface area contributed by atoms with Gasteiger partial charge in [0.1, 0.15) is 36.8 Å². The number of nitrogens with two attached hydrogens (primary N) is 1. The van der Waals surface area contributed by atoms with Crippen LogP contribution < -0.4 is 37.6 Å². The van der Waals surface area contributed by atoms with E-state index in [-0.39, 0.29) is 37.4 Å². The molecule has 0 unspecified atom stereocenters. The Balaban J connectivity index is 2.86. The zero-order chi connectivity index (χ0) is 46.1. The van der Waals surface area contributed by atoms with E-state index in [2.05, 4.69) is 26.0 Å². The van der Waals surface area contributed by atoms with Crippen molar-refractivity contribution in [2.75, 3.05) is 18.1 Å². The predicted octanol–water partition coefficient (Wildman–Crippen LogP) is -1.14. The van der Waals surface area contributed by atoms with Crippen LogP contribution in [-0.4, -0.2) is 145 Å². The van der Waals surface area contributed by atoms with E-state index >= 15 is 0 Å². The zero-order valence-electron chi connectivity index (χ0n) is 32.7. The van der Waals surface area contributed by atoms with Gasteiger partial charge in [-0.15, -0.1) is 0 Å². The summed E-state index contributed by atoms with van der Waals surface area (Å²) in [6, 6.07) is -1.55. The van der Waals surface area contributed by atoms with Crippen molar-refractivity contribution < 1.29 is 83.0 Å². The summed E-state index contributed by atoms with van der Waals surface area (Å²) in [6.07, 6.45) is -4.42. The van der Waals surface area contributed by atoms with Crippen molar-refractivity contribution in [2.24, 2.45) is 5.73 Å². The molecule has 0 heterocycles. The Bertz CT molecular complexity index is 1720. The molecule has 7 amide bonds. The largest absolute Gasteiger partial charge is 0.481 e. The van der Waals surface area contributed by atoms with Crippen LogP contribution in [0.5, 0.6) is 0 Å². The number of rotatable bonds is 30. The summed E-state index contributed by atoms with van der Waals surface area (Å²) in [5.41, 5.74) is 5.44. The molecule has 0 saturated heterocycles. The maximum atomic E-state index is 13.4. The van der Waals surface area contributed by atoms with Gasteiger partial charge >= 0.3 is 42.0 Å². The number of hydrogen-bond donors (Lipinski definition) is 12. The highest BCUT2D eigenvalue weighted by atomic mass is 33.1. The molecule has 6 atom stereocenters.